The van der Waals surface area contributed by atoms with Gasteiger partial charge in [0, 0.05) is 5.22 Å². The molecule has 0 spiro atoms. The molecule has 1 saturated carbocycles. The first-order chi connectivity index (χ1) is 14.6. The van der Waals surface area contributed by atoms with Crippen molar-refractivity contribution in [2.45, 2.75) is 18.9 Å². The van der Waals surface area contributed by atoms with E-state index in [-0.39, 0.29) is 23.6 Å². The van der Waals surface area contributed by atoms with Crippen LogP contribution in [0.5, 0.6) is 23.4 Å². The number of aromatic amines is 2. The van der Waals surface area contributed by atoms with Gasteiger partial charge in [-0.1, -0.05) is 0 Å². The summed E-state index contributed by atoms with van der Waals surface area (Å²) in [6.07, 6.45) is 5.11. The summed E-state index contributed by atoms with van der Waals surface area (Å²) in [7, 11) is 1.59. The fraction of sp³-hybridized carbons (Fsp3) is 0.211. The molecule has 30 heavy (non-hydrogen) atoms. The maximum absolute atomic E-state index is 11.4. The van der Waals surface area contributed by atoms with Crippen molar-refractivity contribution >= 4 is 11.7 Å². The van der Waals surface area contributed by atoms with Gasteiger partial charge in [0.05, 0.1) is 19.3 Å². The van der Waals surface area contributed by atoms with Crippen LogP contribution >= 0.6 is 0 Å². The van der Waals surface area contributed by atoms with E-state index in [1.807, 2.05) is 0 Å². The molecule has 0 atom stereocenters. The normalized spacial score (nSPS) is 15.1. The van der Waals surface area contributed by atoms with E-state index >= 15 is 0 Å². The van der Waals surface area contributed by atoms with Gasteiger partial charge >= 0.3 is 11.7 Å². The lowest BCUT2D eigenvalue weighted by Gasteiger charge is -2.05. The van der Waals surface area contributed by atoms with Crippen LogP contribution in [0, 0.1) is 0 Å². The minimum Gasteiger partial charge on any atom is -0.497 e. The first-order valence-electron chi connectivity index (χ1n) is 9.23. The predicted octanol–water partition coefficient (Wildman–Crippen LogP) is 0.258. The molecule has 0 aliphatic heterocycles. The van der Waals surface area contributed by atoms with Gasteiger partial charge in [0.2, 0.25) is 5.88 Å². The van der Waals surface area contributed by atoms with Gasteiger partial charge < -0.3 is 19.6 Å². The minimum absolute atomic E-state index is 0.106. The molecule has 0 bridgehead atoms. The van der Waals surface area contributed by atoms with Crippen LogP contribution < -0.4 is 26.0 Å². The molecule has 0 amide bonds. The van der Waals surface area contributed by atoms with Gasteiger partial charge in [0.25, 0.3) is 5.62 Å². The molecular weight excluding hydrogens is 390 g/mol. The molecule has 5 rings (SSSR count). The number of methoxy groups -OCH3 is 1. The summed E-state index contributed by atoms with van der Waals surface area (Å²) >= 11 is 0. The largest absolute Gasteiger partial charge is 0.497 e. The van der Waals surface area contributed by atoms with Crippen LogP contribution in [-0.2, 0) is 0 Å². The topological polar surface area (TPSA) is 143 Å². The quantitative estimate of drug-likeness (QED) is 0.430. The molecular formula is C19H17N7O4. The van der Waals surface area contributed by atoms with Crippen LogP contribution in [0.3, 0.4) is 0 Å². The molecule has 11 heteroatoms. The van der Waals surface area contributed by atoms with Gasteiger partial charge in [0.1, 0.15) is 17.2 Å². The van der Waals surface area contributed by atoms with Gasteiger partial charge in [-0.25, -0.2) is 9.79 Å². The summed E-state index contributed by atoms with van der Waals surface area (Å²) in [5.74, 6) is 0.970. The zero-order valence-corrected chi connectivity index (χ0v) is 15.9. The Morgan fingerprint density at radius 1 is 1.20 bits per heavy atom. The van der Waals surface area contributed by atoms with Crippen LogP contribution in [0.15, 0.2) is 40.2 Å². The summed E-state index contributed by atoms with van der Waals surface area (Å²) < 4.78 is 12.5. The summed E-state index contributed by atoms with van der Waals surface area (Å²) in [5, 5.41) is 14.7. The van der Waals surface area contributed by atoms with Gasteiger partial charge in [-0.05, 0) is 43.2 Å². The molecule has 0 radical (unpaired) electrons. The number of aromatic hydroxyl groups is 1. The highest BCUT2D eigenvalue weighted by Gasteiger charge is 2.21. The number of imidazole rings is 1. The molecule has 1 aliphatic carbocycles. The Balaban J connectivity index is 1.64. The molecule has 3 N–H and O–H groups in total. The number of aromatic nitrogens is 6. The van der Waals surface area contributed by atoms with Crippen molar-refractivity contribution in [1.82, 2.24) is 29.5 Å². The first-order valence-corrected chi connectivity index (χ1v) is 9.23. The zero-order valence-electron chi connectivity index (χ0n) is 15.9. The van der Waals surface area contributed by atoms with E-state index < -0.39 is 5.69 Å². The van der Waals surface area contributed by atoms with Crippen molar-refractivity contribution in [3.05, 3.63) is 57.5 Å². The number of hydrogen-bond donors (Lipinski definition) is 3. The SMILES string of the molecule is COc1ccc(Oc2nc(=NC3CC3)n3ncc(=Cc4[nH]c(=O)[nH]c4O)c3n2)cc1. The van der Waals surface area contributed by atoms with E-state index in [1.165, 1.54) is 4.52 Å². The van der Waals surface area contributed by atoms with E-state index in [1.54, 1.807) is 43.6 Å². The van der Waals surface area contributed by atoms with Crippen molar-refractivity contribution in [1.29, 1.82) is 0 Å². The van der Waals surface area contributed by atoms with Crippen molar-refractivity contribution in [3.8, 4) is 23.4 Å². The van der Waals surface area contributed by atoms with Crippen LogP contribution in [0.25, 0.3) is 11.7 Å². The summed E-state index contributed by atoms with van der Waals surface area (Å²) in [6, 6.07) is 7.35. The van der Waals surface area contributed by atoms with Gasteiger partial charge in [0.15, 0.2) is 5.65 Å². The number of ether oxygens (including phenoxy) is 2. The molecule has 152 valence electrons. The lowest BCUT2D eigenvalue weighted by Crippen LogP contribution is -2.23. The Hall–Kier alpha value is -4.15. The van der Waals surface area contributed by atoms with Crippen LogP contribution in [0.2, 0.25) is 0 Å². The number of nitrogens with zero attached hydrogens (tertiary/aromatic N) is 5. The maximum atomic E-state index is 11.4. The molecule has 0 unspecified atom stereocenters. The van der Waals surface area contributed by atoms with E-state index in [4.69, 9.17) is 9.47 Å². The fourth-order valence-corrected chi connectivity index (χ4v) is 2.86. The van der Waals surface area contributed by atoms with Crippen molar-refractivity contribution in [2.75, 3.05) is 7.11 Å². The Bertz CT molecular complexity index is 1400. The zero-order chi connectivity index (χ0) is 20.7. The first kappa shape index (κ1) is 17.9. The van der Waals surface area contributed by atoms with Crippen molar-refractivity contribution in [3.63, 3.8) is 0 Å². The Morgan fingerprint density at radius 2 is 1.97 bits per heavy atom. The highest BCUT2D eigenvalue weighted by molar-refractivity contribution is 5.56. The van der Waals surface area contributed by atoms with E-state index in [2.05, 4.69) is 30.0 Å². The highest BCUT2D eigenvalue weighted by Crippen LogP contribution is 2.23. The van der Waals surface area contributed by atoms with Crippen LogP contribution in [0.1, 0.15) is 18.5 Å². The Kier molecular flexibility index (Phi) is 4.20. The highest BCUT2D eigenvalue weighted by atomic mass is 16.5. The van der Waals surface area contributed by atoms with Gasteiger partial charge in [-0.2, -0.15) is 19.6 Å². The molecule has 3 aromatic heterocycles. The predicted molar refractivity (Wildman–Crippen MR) is 104 cm³/mol. The third-order valence-electron chi connectivity index (χ3n) is 4.51. The molecule has 0 saturated heterocycles. The van der Waals surface area contributed by atoms with E-state index in [0.717, 1.165) is 12.8 Å². The monoisotopic (exact) mass is 407 g/mol. The summed E-state index contributed by atoms with van der Waals surface area (Å²) in [6.45, 7) is 0. The molecule has 1 fully saturated rings. The molecule has 3 heterocycles. The maximum Gasteiger partial charge on any atom is 0.327 e. The van der Waals surface area contributed by atoms with Gasteiger partial charge in [-0.3, -0.25) is 4.98 Å². The number of fused-ring (bicyclic) bond motifs is 1. The second-order valence-corrected chi connectivity index (χ2v) is 6.77. The lowest BCUT2D eigenvalue weighted by molar-refractivity contribution is 0.410. The summed E-state index contributed by atoms with van der Waals surface area (Å²) in [4.78, 5) is 29.6. The Morgan fingerprint density at radius 3 is 2.63 bits per heavy atom. The summed E-state index contributed by atoms with van der Waals surface area (Å²) in [5.41, 5.74) is 0.497. The third-order valence-corrected chi connectivity index (χ3v) is 4.51. The fourth-order valence-electron chi connectivity index (χ4n) is 2.86. The molecule has 1 aromatic carbocycles. The second-order valence-electron chi connectivity index (χ2n) is 6.77. The second kappa shape index (κ2) is 7.03. The number of hydrogen-bond acceptors (Lipinski definition) is 8. The number of benzene rings is 1. The third kappa shape index (κ3) is 3.48. The Labute approximate surface area is 168 Å². The molecule has 1 aliphatic rings. The molecule has 4 aromatic rings. The number of rotatable bonds is 5. The minimum atomic E-state index is -0.516. The smallest absolute Gasteiger partial charge is 0.327 e. The average molecular weight is 407 g/mol. The van der Waals surface area contributed by atoms with Crippen LogP contribution in [-0.4, -0.2) is 47.8 Å². The average Bonchev–Trinajstić information content (AvgIpc) is 3.37. The lowest BCUT2D eigenvalue weighted by atomic mass is 10.3. The van der Waals surface area contributed by atoms with E-state index in [9.17, 15) is 9.90 Å². The van der Waals surface area contributed by atoms with Crippen LogP contribution in [0.4, 0.5) is 0 Å². The van der Waals surface area contributed by atoms with Crippen molar-refractivity contribution in [2.24, 2.45) is 4.99 Å². The van der Waals surface area contributed by atoms with Crippen molar-refractivity contribution < 1.29 is 14.6 Å². The van der Waals surface area contributed by atoms with E-state index in [0.29, 0.717) is 28.0 Å². The standard InChI is InChI=1S/C19H17N7O4/c1-29-12-4-6-13(7-5-12)30-19-23-15-10(8-14-16(27)24-18(28)22-14)9-20-26(15)17(25-19)21-11-2-3-11/h4-9,11,27H,2-3H2,1H3,(H2,22,24,28). The number of H-pyrrole nitrogens is 2. The number of nitrogens with one attached hydrogen (secondary N) is 2. The molecule has 11 nitrogen and oxygen atoms in total. The van der Waals surface area contributed by atoms with Gasteiger partial charge in [-0.15, -0.1) is 0 Å².